The molecular weight excluding hydrogens is 266 g/mol. The molecule has 0 radical (unpaired) electrons. The molecule has 1 fully saturated rings. The van der Waals surface area contributed by atoms with Crippen molar-refractivity contribution >= 4 is 29.2 Å². The normalized spacial score (nSPS) is 19.7. The Morgan fingerprint density at radius 3 is 2.84 bits per heavy atom. The van der Waals surface area contributed by atoms with Crippen LogP contribution in [0.25, 0.3) is 0 Å². The molecule has 0 spiro atoms. The number of carbonyl (C=O) groups is 3. The van der Waals surface area contributed by atoms with E-state index in [1.54, 1.807) is 6.20 Å². The minimum absolute atomic E-state index is 0.256. The fraction of sp³-hybridized carbons (Fsp3) is 0.500. The first-order chi connectivity index (χ1) is 9.13. The number of urea groups is 1. The van der Waals surface area contributed by atoms with Gasteiger partial charge in [0, 0.05) is 24.5 Å². The molecule has 0 saturated carbocycles. The van der Waals surface area contributed by atoms with Crippen LogP contribution >= 0.6 is 11.3 Å². The molecule has 0 aliphatic carbocycles. The topological polar surface area (TPSA) is 79.4 Å². The molecule has 0 aromatic carbocycles. The van der Waals surface area contributed by atoms with Gasteiger partial charge in [0.25, 0.3) is 0 Å². The van der Waals surface area contributed by atoms with Gasteiger partial charge in [-0.2, -0.15) is 0 Å². The van der Waals surface area contributed by atoms with E-state index in [9.17, 15) is 14.4 Å². The van der Waals surface area contributed by atoms with Gasteiger partial charge < -0.3 is 0 Å². The molecule has 1 aliphatic heterocycles. The van der Waals surface area contributed by atoms with Crippen LogP contribution in [0.4, 0.5) is 4.79 Å². The molecule has 19 heavy (non-hydrogen) atoms. The minimum atomic E-state index is -0.737. The van der Waals surface area contributed by atoms with Crippen molar-refractivity contribution in [3.8, 4) is 0 Å². The molecule has 1 aromatic heterocycles. The first kappa shape index (κ1) is 13.7. The summed E-state index contributed by atoms with van der Waals surface area (Å²) >= 11 is 1.48. The number of hydrogen-bond acceptors (Lipinski definition) is 5. The Hall–Kier alpha value is -1.76. The maximum Gasteiger partial charge on any atom is 0.330 e. The molecular formula is C12H15N3O3S. The Bertz CT molecular complexity index is 486. The Labute approximate surface area is 114 Å². The number of nitrogens with zero attached hydrogens (tertiary/aromatic N) is 2. The third-order valence-corrected chi connectivity index (χ3v) is 3.81. The van der Waals surface area contributed by atoms with E-state index in [4.69, 9.17) is 0 Å². The van der Waals surface area contributed by atoms with Gasteiger partial charge in [0.15, 0.2) is 0 Å². The van der Waals surface area contributed by atoms with Gasteiger partial charge in [-0.25, -0.2) is 9.78 Å². The molecule has 6 nitrogen and oxygen atoms in total. The second-order valence-electron chi connectivity index (χ2n) is 4.30. The zero-order valence-corrected chi connectivity index (χ0v) is 11.4. The van der Waals surface area contributed by atoms with Crippen molar-refractivity contribution in [2.75, 3.05) is 6.54 Å². The largest absolute Gasteiger partial charge is 0.330 e. The zero-order chi connectivity index (χ0) is 13.8. The molecule has 2 rings (SSSR count). The number of amides is 4. The fourth-order valence-corrected chi connectivity index (χ4v) is 2.61. The van der Waals surface area contributed by atoms with Crippen LogP contribution in [-0.4, -0.2) is 34.3 Å². The van der Waals surface area contributed by atoms with Crippen LogP contribution in [0.3, 0.4) is 0 Å². The smallest absolute Gasteiger partial charge is 0.277 e. The van der Waals surface area contributed by atoms with Gasteiger partial charge in [-0.3, -0.25) is 19.8 Å². The van der Waals surface area contributed by atoms with Gasteiger partial charge in [0.1, 0.15) is 5.92 Å². The van der Waals surface area contributed by atoms with Crippen molar-refractivity contribution in [1.82, 2.24) is 15.2 Å². The summed E-state index contributed by atoms with van der Waals surface area (Å²) in [5, 5.41) is 4.94. The highest BCUT2D eigenvalue weighted by molar-refractivity contribution is 7.09. The van der Waals surface area contributed by atoms with Crippen molar-refractivity contribution in [2.24, 2.45) is 5.92 Å². The maximum absolute atomic E-state index is 12.1. The van der Waals surface area contributed by atoms with Crippen LogP contribution in [0.1, 0.15) is 24.8 Å². The molecule has 1 atom stereocenters. The molecule has 7 heteroatoms. The lowest BCUT2D eigenvalue weighted by Crippen LogP contribution is -2.58. The lowest BCUT2D eigenvalue weighted by molar-refractivity contribution is -0.142. The van der Waals surface area contributed by atoms with Crippen molar-refractivity contribution < 1.29 is 14.4 Å². The molecule has 2 heterocycles. The summed E-state index contributed by atoms with van der Waals surface area (Å²) in [4.78, 5) is 40.6. The molecule has 1 aliphatic rings. The summed E-state index contributed by atoms with van der Waals surface area (Å²) in [7, 11) is 0. The minimum Gasteiger partial charge on any atom is -0.277 e. The molecule has 1 saturated heterocycles. The number of rotatable bonds is 5. The van der Waals surface area contributed by atoms with Gasteiger partial charge in [-0.1, -0.05) is 13.3 Å². The average Bonchev–Trinajstić information content (AvgIpc) is 2.87. The van der Waals surface area contributed by atoms with E-state index in [1.807, 2.05) is 12.3 Å². The third-order valence-electron chi connectivity index (χ3n) is 2.97. The van der Waals surface area contributed by atoms with E-state index in [0.29, 0.717) is 12.8 Å². The Morgan fingerprint density at radius 1 is 1.42 bits per heavy atom. The Balaban J connectivity index is 2.03. The third kappa shape index (κ3) is 2.98. The van der Waals surface area contributed by atoms with Crippen LogP contribution in [0.5, 0.6) is 0 Å². The SMILES string of the molecule is CCCC1C(=O)NC(=O)N(CCc2nccs2)C1=O. The molecule has 1 N–H and O–H groups in total. The van der Waals surface area contributed by atoms with Crippen LogP contribution in [0, 0.1) is 5.92 Å². The highest BCUT2D eigenvalue weighted by Gasteiger charge is 2.39. The quantitative estimate of drug-likeness (QED) is 0.822. The number of imide groups is 2. The maximum atomic E-state index is 12.1. The highest BCUT2D eigenvalue weighted by atomic mass is 32.1. The first-order valence-electron chi connectivity index (χ1n) is 6.18. The summed E-state index contributed by atoms with van der Waals surface area (Å²) in [5.41, 5.74) is 0. The van der Waals surface area contributed by atoms with Gasteiger partial charge >= 0.3 is 6.03 Å². The molecule has 4 amide bonds. The van der Waals surface area contributed by atoms with Crippen molar-refractivity contribution in [3.63, 3.8) is 0 Å². The summed E-state index contributed by atoms with van der Waals surface area (Å²) in [6.07, 6.45) is 3.38. The second kappa shape index (κ2) is 5.92. The van der Waals surface area contributed by atoms with Crippen molar-refractivity contribution in [2.45, 2.75) is 26.2 Å². The van der Waals surface area contributed by atoms with Crippen molar-refractivity contribution in [1.29, 1.82) is 0 Å². The number of aromatic nitrogens is 1. The number of nitrogens with one attached hydrogen (secondary N) is 1. The molecule has 102 valence electrons. The van der Waals surface area contributed by atoms with Crippen LogP contribution in [-0.2, 0) is 16.0 Å². The van der Waals surface area contributed by atoms with E-state index in [0.717, 1.165) is 16.3 Å². The predicted octanol–water partition coefficient (Wildman–Crippen LogP) is 1.18. The first-order valence-corrected chi connectivity index (χ1v) is 7.06. The average molecular weight is 281 g/mol. The number of barbiturate groups is 1. The monoisotopic (exact) mass is 281 g/mol. The second-order valence-corrected chi connectivity index (χ2v) is 5.28. The fourth-order valence-electron chi connectivity index (χ4n) is 2.00. The van der Waals surface area contributed by atoms with E-state index in [1.165, 1.54) is 11.3 Å². The summed E-state index contributed by atoms with van der Waals surface area (Å²) < 4.78 is 0. The van der Waals surface area contributed by atoms with E-state index in [-0.39, 0.29) is 6.54 Å². The van der Waals surface area contributed by atoms with Gasteiger partial charge in [-0.05, 0) is 6.42 Å². The van der Waals surface area contributed by atoms with E-state index >= 15 is 0 Å². The molecule has 1 aromatic rings. The van der Waals surface area contributed by atoms with Gasteiger partial charge in [0.05, 0.1) is 5.01 Å². The zero-order valence-electron chi connectivity index (χ0n) is 10.6. The van der Waals surface area contributed by atoms with Crippen molar-refractivity contribution in [3.05, 3.63) is 16.6 Å². The highest BCUT2D eigenvalue weighted by Crippen LogP contribution is 2.16. The summed E-state index contributed by atoms with van der Waals surface area (Å²) in [6, 6.07) is -0.626. The Kier molecular flexibility index (Phi) is 4.26. The van der Waals surface area contributed by atoms with Gasteiger partial charge in [-0.15, -0.1) is 11.3 Å². The van der Waals surface area contributed by atoms with E-state index < -0.39 is 23.8 Å². The standard InChI is InChI=1S/C12H15N3O3S/c1-2-3-8-10(16)14-12(18)15(11(8)17)6-4-9-13-5-7-19-9/h5,7-8H,2-4,6H2,1H3,(H,14,16,18). The summed E-state index contributed by atoms with van der Waals surface area (Å²) in [6.45, 7) is 2.16. The van der Waals surface area contributed by atoms with Crippen LogP contribution in [0.15, 0.2) is 11.6 Å². The van der Waals surface area contributed by atoms with Crippen LogP contribution < -0.4 is 5.32 Å². The predicted molar refractivity (Wildman–Crippen MR) is 69.5 cm³/mol. The lowest BCUT2D eigenvalue weighted by atomic mass is 9.99. The number of hydrogen-bond donors (Lipinski definition) is 1. The number of carbonyl (C=O) groups excluding carboxylic acids is 3. The Morgan fingerprint density at radius 2 is 2.21 bits per heavy atom. The van der Waals surface area contributed by atoms with E-state index in [2.05, 4.69) is 10.3 Å². The lowest BCUT2D eigenvalue weighted by Gasteiger charge is -2.29. The van der Waals surface area contributed by atoms with Gasteiger partial charge in [0.2, 0.25) is 11.8 Å². The molecule has 0 bridgehead atoms. The number of thiazole rings is 1. The van der Waals surface area contributed by atoms with Crippen LogP contribution in [0.2, 0.25) is 0 Å². The summed E-state index contributed by atoms with van der Waals surface area (Å²) in [5.74, 6) is -1.62. The molecule has 1 unspecified atom stereocenters.